The zero-order valence-electron chi connectivity index (χ0n) is 15.0. The third kappa shape index (κ3) is 7.57. The lowest BCUT2D eigenvalue weighted by Crippen LogP contribution is -2.44. The molecule has 3 N–H and O–H groups in total. The highest BCUT2D eigenvalue weighted by Crippen LogP contribution is 2.10. The number of rotatable bonds is 8. The maximum absolute atomic E-state index is 11.9. The highest BCUT2D eigenvalue weighted by molar-refractivity contribution is 6.30. The SMILES string of the molecule is CN=C(NCCc1cccc(Cl)c1)NCC(=O)NCCc1ccccc1. The van der Waals surface area contributed by atoms with Crippen LogP contribution in [0.25, 0.3) is 0 Å². The van der Waals surface area contributed by atoms with Crippen LogP contribution in [0.2, 0.25) is 5.02 Å². The van der Waals surface area contributed by atoms with E-state index in [-0.39, 0.29) is 12.5 Å². The second-order valence-corrected chi connectivity index (χ2v) is 6.25. The van der Waals surface area contributed by atoms with E-state index in [1.807, 2.05) is 42.5 Å². The molecule has 5 nitrogen and oxygen atoms in total. The lowest BCUT2D eigenvalue weighted by molar-refractivity contribution is -0.119. The molecule has 0 aliphatic rings. The van der Waals surface area contributed by atoms with Gasteiger partial charge in [-0.05, 0) is 36.1 Å². The number of hydrogen-bond acceptors (Lipinski definition) is 2. The summed E-state index contributed by atoms with van der Waals surface area (Å²) in [6.45, 7) is 1.51. The first-order chi connectivity index (χ1) is 12.7. The van der Waals surface area contributed by atoms with E-state index in [1.54, 1.807) is 7.05 Å². The minimum atomic E-state index is -0.0567. The van der Waals surface area contributed by atoms with Crippen molar-refractivity contribution in [2.45, 2.75) is 12.8 Å². The number of aliphatic imine (C=N–C) groups is 1. The zero-order valence-corrected chi connectivity index (χ0v) is 15.7. The average molecular weight is 373 g/mol. The van der Waals surface area contributed by atoms with Crippen LogP contribution >= 0.6 is 11.6 Å². The van der Waals surface area contributed by atoms with Crippen LogP contribution in [0.5, 0.6) is 0 Å². The van der Waals surface area contributed by atoms with Crippen molar-refractivity contribution < 1.29 is 4.79 Å². The molecule has 0 aliphatic carbocycles. The lowest BCUT2D eigenvalue weighted by atomic mass is 10.1. The summed E-state index contributed by atoms with van der Waals surface area (Å²) in [6, 6.07) is 17.8. The van der Waals surface area contributed by atoms with Gasteiger partial charge in [0.15, 0.2) is 5.96 Å². The summed E-state index contributed by atoms with van der Waals surface area (Å²) in [5.74, 6) is 0.545. The third-order valence-electron chi connectivity index (χ3n) is 3.81. The molecule has 0 radical (unpaired) electrons. The van der Waals surface area contributed by atoms with Crippen molar-refractivity contribution in [3.8, 4) is 0 Å². The van der Waals surface area contributed by atoms with E-state index in [4.69, 9.17) is 11.6 Å². The van der Waals surface area contributed by atoms with E-state index in [0.29, 0.717) is 19.0 Å². The monoisotopic (exact) mass is 372 g/mol. The molecule has 1 amide bonds. The summed E-state index contributed by atoms with van der Waals surface area (Å²) in [7, 11) is 1.68. The van der Waals surface area contributed by atoms with Gasteiger partial charge in [0.2, 0.25) is 5.91 Å². The molecule has 0 fully saturated rings. The van der Waals surface area contributed by atoms with E-state index in [0.717, 1.165) is 23.4 Å². The summed E-state index contributed by atoms with van der Waals surface area (Å²) in [6.07, 6.45) is 1.64. The molecule has 0 spiro atoms. The van der Waals surface area contributed by atoms with Crippen molar-refractivity contribution in [1.29, 1.82) is 0 Å². The number of nitrogens with one attached hydrogen (secondary N) is 3. The van der Waals surface area contributed by atoms with Gasteiger partial charge in [0, 0.05) is 25.2 Å². The minimum absolute atomic E-state index is 0.0567. The quantitative estimate of drug-likeness (QED) is 0.492. The van der Waals surface area contributed by atoms with Gasteiger partial charge >= 0.3 is 0 Å². The number of nitrogens with zero attached hydrogens (tertiary/aromatic N) is 1. The molecule has 138 valence electrons. The average Bonchev–Trinajstić information content (AvgIpc) is 2.65. The summed E-state index contributed by atoms with van der Waals surface area (Å²) in [5.41, 5.74) is 2.36. The van der Waals surface area contributed by atoms with E-state index in [2.05, 4.69) is 33.1 Å². The van der Waals surface area contributed by atoms with E-state index in [1.165, 1.54) is 5.56 Å². The largest absolute Gasteiger partial charge is 0.356 e. The van der Waals surface area contributed by atoms with Crippen molar-refractivity contribution in [3.05, 3.63) is 70.7 Å². The van der Waals surface area contributed by atoms with Gasteiger partial charge in [0.25, 0.3) is 0 Å². The predicted molar refractivity (Wildman–Crippen MR) is 108 cm³/mol. The Morgan fingerprint density at radius 2 is 1.62 bits per heavy atom. The van der Waals surface area contributed by atoms with Crippen molar-refractivity contribution in [1.82, 2.24) is 16.0 Å². The van der Waals surface area contributed by atoms with Gasteiger partial charge in [-0.3, -0.25) is 9.79 Å². The molecule has 0 aliphatic heterocycles. The van der Waals surface area contributed by atoms with Gasteiger partial charge < -0.3 is 16.0 Å². The van der Waals surface area contributed by atoms with E-state index < -0.39 is 0 Å². The summed E-state index contributed by atoms with van der Waals surface area (Å²) in [5, 5.41) is 9.84. The summed E-state index contributed by atoms with van der Waals surface area (Å²) < 4.78 is 0. The maximum atomic E-state index is 11.9. The molecule has 0 saturated carbocycles. The Balaban J connectivity index is 1.62. The maximum Gasteiger partial charge on any atom is 0.239 e. The molecule has 0 bridgehead atoms. The molecule has 0 saturated heterocycles. The predicted octanol–water partition coefficient (Wildman–Crippen LogP) is 2.41. The number of carbonyl (C=O) groups excluding carboxylic acids is 1. The van der Waals surface area contributed by atoms with Crippen LogP contribution in [-0.2, 0) is 17.6 Å². The Kier molecular flexibility index (Phi) is 8.49. The Hall–Kier alpha value is -2.53. The van der Waals surface area contributed by atoms with Crippen LogP contribution in [-0.4, -0.2) is 38.5 Å². The van der Waals surface area contributed by atoms with Gasteiger partial charge in [-0.1, -0.05) is 54.1 Å². The fraction of sp³-hybridized carbons (Fsp3) is 0.300. The fourth-order valence-electron chi connectivity index (χ4n) is 2.46. The van der Waals surface area contributed by atoms with Crippen LogP contribution < -0.4 is 16.0 Å². The summed E-state index contributed by atoms with van der Waals surface area (Å²) >= 11 is 5.98. The van der Waals surface area contributed by atoms with Gasteiger partial charge in [0.05, 0.1) is 6.54 Å². The third-order valence-corrected chi connectivity index (χ3v) is 4.05. The molecular formula is C20H25ClN4O. The van der Waals surface area contributed by atoms with Crippen molar-refractivity contribution in [2.75, 3.05) is 26.7 Å². The Bertz CT molecular complexity index is 719. The van der Waals surface area contributed by atoms with Gasteiger partial charge in [-0.2, -0.15) is 0 Å². The molecule has 2 rings (SSSR count). The van der Waals surface area contributed by atoms with Crippen molar-refractivity contribution in [2.24, 2.45) is 4.99 Å². The topological polar surface area (TPSA) is 65.5 Å². The molecule has 2 aromatic rings. The highest BCUT2D eigenvalue weighted by atomic mass is 35.5. The zero-order chi connectivity index (χ0) is 18.6. The first-order valence-corrected chi connectivity index (χ1v) is 9.05. The Morgan fingerprint density at radius 3 is 2.35 bits per heavy atom. The highest BCUT2D eigenvalue weighted by Gasteiger charge is 2.03. The smallest absolute Gasteiger partial charge is 0.239 e. The number of halogens is 1. The molecule has 2 aromatic carbocycles. The molecule has 0 unspecified atom stereocenters. The number of guanidine groups is 1. The molecule has 6 heteroatoms. The number of carbonyl (C=O) groups is 1. The van der Waals surface area contributed by atoms with Crippen LogP contribution in [0.15, 0.2) is 59.6 Å². The van der Waals surface area contributed by atoms with Crippen molar-refractivity contribution in [3.63, 3.8) is 0 Å². The number of hydrogen-bond donors (Lipinski definition) is 3. The second-order valence-electron chi connectivity index (χ2n) is 5.82. The van der Waals surface area contributed by atoms with Gasteiger partial charge in [-0.15, -0.1) is 0 Å². The van der Waals surface area contributed by atoms with Crippen LogP contribution in [0.1, 0.15) is 11.1 Å². The Morgan fingerprint density at radius 1 is 0.923 bits per heavy atom. The van der Waals surface area contributed by atoms with Crippen molar-refractivity contribution >= 4 is 23.5 Å². The Labute approximate surface area is 159 Å². The van der Waals surface area contributed by atoms with E-state index in [9.17, 15) is 4.79 Å². The molecular weight excluding hydrogens is 348 g/mol. The summed E-state index contributed by atoms with van der Waals surface area (Å²) in [4.78, 5) is 16.0. The standard InChI is InChI=1S/C20H25ClN4O/c1-22-20(24-13-11-17-8-5-9-18(21)14-17)25-15-19(26)23-12-10-16-6-3-2-4-7-16/h2-9,14H,10-13,15H2,1H3,(H,23,26)(H2,22,24,25). The van der Waals surface area contributed by atoms with Crippen LogP contribution in [0.4, 0.5) is 0 Å². The second kappa shape index (κ2) is 11.2. The molecule has 0 aromatic heterocycles. The minimum Gasteiger partial charge on any atom is -0.356 e. The van der Waals surface area contributed by atoms with Gasteiger partial charge in [0.1, 0.15) is 0 Å². The van der Waals surface area contributed by atoms with Gasteiger partial charge in [-0.25, -0.2) is 0 Å². The molecule has 0 atom stereocenters. The molecule has 0 heterocycles. The fourth-order valence-corrected chi connectivity index (χ4v) is 2.67. The number of amides is 1. The van der Waals surface area contributed by atoms with E-state index >= 15 is 0 Å². The lowest BCUT2D eigenvalue weighted by Gasteiger charge is -2.12. The number of benzene rings is 2. The normalized spacial score (nSPS) is 11.1. The van der Waals surface area contributed by atoms with Crippen LogP contribution in [0, 0.1) is 0 Å². The van der Waals surface area contributed by atoms with Crippen LogP contribution in [0.3, 0.4) is 0 Å². The first-order valence-electron chi connectivity index (χ1n) is 8.67. The molecule has 26 heavy (non-hydrogen) atoms. The first kappa shape index (κ1) is 19.8.